The third-order valence-electron chi connectivity index (χ3n) is 6.82. The molecule has 0 saturated carbocycles. The molecule has 1 aliphatic heterocycles. The van der Waals surface area contributed by atoms with E-state index in [0.717, 1.165) is 76.7 Å². The number of hydrogen-bond acceptors (Lipinski definition) is 8. The minimum atomic E-state index is -0.0579. The molecule has 0 bridgehead atoms. The molecular formula is C30H31ClN4O3S2. The lowest BCUT2D eigenvalue weighted by molar-refractivity contribution is 0.0376. The van der Waals surface area contributed by atoms with Crippen molar-refractivity contribution in [2.75, 3.05) is 50.9 Å². The molecule has 0 spiro atoms. The van der Waals surface area contributed by atoms with Crippen LogP contribution in [0.4, 0.5) is 5.13 Å². The molecule has 5 aromatic rings. The molecule has 0 unspecified atom stereocenters. The summed E-state index contributed by atoms with van der Waals surface area (Å²) in [6.07, 6.45) is 0.840. The molecule has 0 atom stereocenters. The Morgan fingerprint density at radius 2 is 1.90 bits per heavy atom. The van der Waals surface area contributed by atoms with Gasteiger partial charge in [-0.15, -0.1) is 23.7 Å². The van der Waals surface area contributed by atoms with Crippen molar-refractivity contribution >= 4 is 67.2 Å². The number of morpholine rings is 1. The number of rotatable bonds is 9. The number of pyridine rings is 1. The molecule has 1 aliphatic rings. The summed E-state index contributed by atoms with van der Waals surface area (Å²) in [6.45, 7) is 7.42. The van der Waals surface area contributed by atoms with E-state index in [-0.39, 0.29) is 18.3 Å². The van der Waals surface area contributed by atoms with E-state index >= 15 is 0 Å². The lowest BCUT2D eigenvalue weighted by Crippen LogP contribution is -2.39. The normalized spacial score (nSPS) is 13.8. The van der Waals surface area contributed by atoms with Gasteiger partial charge in [0.1, 0.15) is 5.75 Å². The van der Waals surface area contributed by atoms with Gasteiger partial charge in [-0.2, -0.15) is 0 Å². The van der Waals surface area contributed by atoms with E-state index < -0.39 is 0 Å². The van der Waals surface area contributed by atoms with Crippen LogP contribution in [0.25, 0.3) is 31.7 Å². The topological polar surface area (TPSA) is 67.8 Å². The number of fused-ring (bicyclic) bond motifs is 2. The Bertz CT molecular complexity index is 1590. The van der Waals surface area contributed by atoms with Crippen molar-refractivity contribution in [1.82, 2.24) is 14.9 Å². The summed E-state index contributed by atoms with van der Waals surface area (Å²) in [5.74, 6) is 0.753. The number of amides is 1. The highest BCUT2D eigenvalue weighted by atomic mass is 35.5. The number of carbonyl (C=O) groups is 1. The number of halogens is 1. The zero-order valence-electron chi connectivity index (χ0n) is 22.2. The van der Waals surface area contributed by atoms with Gasteiger partial charge in [0.25, 0.3) is 5.91 Å². The third-order valence-corrected chi connectivity index (χ3v) is 8.75. The van der Waals surface area contributed by atoms with Crippen molar-refractivity contribution in [3.05, 3.63) is 71.6 Å². The number of anilines is 1. The van der Waals surface area contributed by atoms with Crippen LogP contribution >= 0.6 is 35.1 Å². The van der Waals surface area contributed by atoms with Crippen molar-refractivity contribution in [3.8, 4) is 16.3 Å². The van der Waals surface area contributed by atoms with Gasteiger partial charge in [-0.3, -0.25) is 14.6 Å². The molecule has 2 aromatic carbocycles. The highest BCUT2D eigenvalue weighted by Crippen LogP contribution is 2.34. The molecule has 40 heavy (non-hydrogen) atoms. The zero-order valence-corrected chi connectivity index (χ0v) is 24.7. The summed E-state index contributed by atoms with van der Waals surface area (Å²) in [5, 5.41) is 3.58. The first-order valence-corrected chi connectivity index (χ1v) is 15.0. The molecule has 6 rings (SSSR count). The number of carbonyl (C=O) groups excluding carboxylic acids is 1. The van der Waals surface area contributed by atoms with Crippen molar-refractivity contribution in [2.45, 2.75) is 13.3 Å². The summed E-state index contributed by atoms with van der Waals surface area (Å²) in [7, 11) is 0. The smallest absolute Gasteiger partial charge is 0.260 e. The van der Waals surface area contributed by atoms with Crippen LogP contribution in [0.5, 0.6) is 5.75 Å². The lowest BCUT2D eigenvalue weighted by Gasteiger charge is -2.28. The predicted octanol–water partition coefficient (Wildman–Crippen LogP) is 6.76. The first kappa shape index (κ1) is 28.4. The van der Waals surface area contributed by atoms with Crippen LogP contribution in [0.15, 0.2) is 66.0 Å². The van der Waals surface area contributed by atoms with E-state index in [9.17, 15) is 4.79 Å². The molecule has 10 heteroatoms. The van der Waals surface area contributed by atoms with Crippen LogP contribution in [0.3, 0.4) is 0 Å². The van der Waals surface area contributed by atoms with E-state index in [4.69, 9.17) is 19.4 Å². The maximum Gasteiger partial charge on any atom is 0.260 e. The fraction of sp³-hybridized carbons (Fsp3) is 0.300. The number of ether oxygens (including phenoxy) is 2. The zero-order chi connectivity index (χ0) is 26.6. The standard InChI is InChI=1S/C30H30N4O3S2.ClH/c1-2-37-21-10-11-25-28(19-21)39-30(32-25)34(13-6-12-33-14-16-36-17-15-33)29(35)23-20-26(27-9-5-18-38-27)31-24-8-4-3-7-22(23)24;/h3-5,7-11,18-20H,2,6,12-17H2,1H3;1H. The highest BCUT2D eigenvalue weighted by Gasteiger charge is 2.25. The monoisotopic (exact) mass is 594 g/mol. The van der Waals surface area contributed by atoms with Crippen LogP contribution in [-0.4, -0.2) is 66.8 Å². The predicted molar refractivity (Wildman–Crippen MR) is 167 cm³/mol. The third kappa shape index (κ3) is 6.14. The van der Waals surface area contributed by atoms with Gasteiger partial charge < -0.3 is 9.47 Å². The number of thiophene rings is 1. The molecule has 4 heterocycles. The molecule has 0 N–H and O–H groups in total. The highest BCUT2D eigenvalue weighted by molar-refractivity contribution is 7.22. The molecule has 0 aliphatic carbocycles. The van der Waals surface area contributed by atoms with Gasteiger partial charge in [-0.05, 0) is 55.1 Å². The molecule has 3 aromatic heterocycles. The van der Waals surface area contributed by atoms with Crippen LogP contribution < -0.4 is 9.64 Å². The van der Waals surface area contributed by atoms with Crippen LogP contribution in [-0.2, 0) is 4.74 Å². The minimum absolute atomic E-state index is 0. The summed E-state index contributed by atoms with van der Waals surface area (Å²) in [6, 6.07) is 19.8. The Kier molecular flexibility index (Phi) is 9.29. The fourth-order valence-electron chi connectivity index (χ4n) is 4.87. The first-order chi connectivity index (χ1) is 19.2. The second-order valence-corrected chi connectivity index (χ2v) is 11.3. The Labute approximate surface area is 247 Å². The second-order valence-electron chi connectivity index (χ2n) is 9.37. The number of benzene rings is 2. The maximum absolute atomic E-state index is 14.4. The average Bonchev–Trinajstić information content (AvgIpc) is 3.66. The molecule has 1 amide bonds. The SMILES string of the molecule is CCOc1ccc2nc(N(CCCN3CCOCC3)C(=O)c3cc(-c4cccs4)nc4ccccc34)sc2c1.Cl. The fourth-order valence-corrected chi connectivity index (χ4v) is 6.58. The molecule has 1 fully saturated rings. The molecule has 1 saturated heterocycles. The van der Waals surface area contributed by atoms with Gasteiger partial charge in [0.05, 0.1) is 51.7 Å². The van der Waals surface area contributed by atoms with Crippen molar-refractivity contribution in [1.29, 1.82) is 0 Å². The van der Waals surface area contributed by atoms with E-state index in [1.54, 1.807) is 11.3 Å². The van der Waals surface area contributed by atoms with Gasteiger partial charge in [0.2, 0.25) is 0 Å². The van der Waals surface area contributed by atoms with E-state index in [1.807, 2.05) is 77.9 Å². The number of hydrogen-bond donors (Lipinski definition) is 0. The van der Waals surface area contributed by atoms with Gasteiger partial charge in [0, 0.05) is 31.6 Å². The average molecular weight is 595 g/mol. The molecule has 7 nitrogen and oxygen atoms in total. The van der Waals surface area contributed by atoms with Crippen molar-refractivity contribution < 1.29 is 14.3 Å². The Balaban J connectivity index is 0.00000323. The van der Waals surface area contributed by atoms with E-state index in [0.29, 0.717) is 23.8 Å². The number of para-hydroxylation sites is 1. The van der Waals surface area contributed by atoms with E-state index in [2.05, 4.69) is 4.90 Å². The summed E-state index contributed by atoms with van der Waals surface area (Å²) in [5.41, 5.74) is 3.13. The molecule has 208 valence electrons. The number of thiazole rings is 1. The Hall–Kier alpha value is -3.08. The van der Waals surface area contributed by atoms with Gasteiger partial charge >= 0.3 is 0 Å². The second kappa shape index (κ2) is 13.1. The molecule has 0 radical (unpaired) electrons. The van der Waals surface area contributed by atoms with Gasteiger partial charge in [-0.25, -0.2) is 9.97 Å². The largest absolute Gasteiger partial charge is 0.494 e. The summed E-state index contributed by atoms with van der Waals surface area (Å²) in [4.78, 5) is 29.5. The summed E-state index contributed by atoms with van der Waals surface area (Å²) >= 11 is 3.15. The number of nitrogens with zero attached hydrogens (tertiary/aromatic N) is 4. The van der Waals surface area contributed by atoms with E-state index in [1.165, 1.54) is 11.3 Å². The minimum Gasteiger partial charge on any atom is -0.494 e. The Morgan fingerprint density at radius 1 is 1.05 bits per heavy atom. The van der Waals surface area contributed by atoms with Crippen LogP contribution in [0.2, 0.25) is 0 Å². The van der Waals surface area contributed by atoms with Gasteiger partial charge in [-0.1, -0.05) is 35.6 Å². The van der Waals surface area contributed by atoms with Crippen LogP contribution in [0, 0.1) is 0 Å². The van der Waals surface area contributed by atoms with Crippen molar-refractivity contribution in [3.63, 3.8) is 0 Å². The first-order valence-electron chi connectivity index (χ1n) is 13.3. The summed E-state index contributed by atoms with van der Waals surface area (Å²) < 4.78 is 12.2. The number of aromatic nitrogens is 2. The van der Waals surface area contributed by atoms with Gasteiger partial charge in [0.15, 0.2) is 5.13 Å². The lowest BCUT2D eigenvalue weighted by atomic mass is 10.1. The molecular weight excluding hydrogens is 564 g/mol. The quantitative estimate of drug-likeness (QED) is 0.188. The van der Waals surface area contributed by atoms with Crippen LogP contribution in [0.1, 0.15) is 23.7 Å². The maximum atomic E-state index is 14.4. The Morgan fingerprint density at radius 3 is 2.70 bits per heavy atom. The van der Waals surface area contributed by atoms with Crippen molar-refractivity contribution in [2.24, 2.45) is 0 Å².